The number of halogens is 6. The number of hydrogen-bond acceptors (Lipinski definition) is 3. The number of alkyl halides is 6. The number of rotatable bonds is 2. The van der Waals surface area contributed by atoms with Gasteiger partial charge in [0.2, 0.25) is 0 Å². The van der Waals surface area contributed by atoms with E-state index in [2.05, 4.69) is 10.2 Å². The molecule has 0 aliphatic heterocycles. The van der Waals surface area contributed by atoms with Crippen molar-refractivity contribution in [1.29, 1.82) is 0 Å². The predicted molar refractivity (Wildman–Crippen MR) is 69.2 cm³/mol. The lowest BCUT2D eigenvalue weighted by molar-refractivity contribution is -0.141. The Morgan fingerprint density at radius 2 is 1.76 bits per heavy atom. The standard InChI is InChI=1S/C11H9F6N3S/c1-21-9(18)20-19-5-6-4-7(10(12,13)14)2-3-8(6)11(15,16)17/h2-5H,1H3,(H2,18,20). The molecule has 1 aromatic rings. The maximum absolute atomic E-state index is 12.7. The minimum Gasteiger partial charge on any atom is -0.377 e. The van der Waals surface area contributed by atoms with E-state index in [-0.39, 0.29) is 5.17 Å². The topological polar surface area (TPSA) is 50.7 Å². The van der Waals surface area contributed by atoms with Gasteiger partial charge >= 0.3 is 12.4 Å². The Bertz CT molecular complexity index is 562. The second-order valence-electron chi connectivity index (χ2n) is 3.68. The van der Waals surface area contributed by atoms with Gasteiger partial charge < -0.3 is 5.73 Å². The van der Waals surface area contributed by atoms with Crippen LogP contribution in [0.3, 0.4) is 0 Å². The summed E-state index contributed by atoms with van der Waals surface area (Å²) in [5.74, 6) is 0. The average molecular weight is 329 g/mol. The van der Waals surface area contributed by atoms with Crippen LogP contribution in [0, 0.1) is 0 Å². The zero-order valence-electron chi connectivity index (χ0n) is 10.5. The summed E-state index contributed by atoms with van der Waals surface area (Å²) in [6, 6.07) is 1.07. The van der Waals surface area contributed by atoms with E-state index in [0.29, 0.717) is 24.4 Å². The molecule has 0 saturated carbocycles. The van der Waals surface area contributed by atoms with Crippen LogP contribution < -0.4 is 5.73 Å². The largest absolute Gasteiger partial charge is 0.417 e. The monoisotopic (exact) mass is 329 g/mol. The molecular formula is C11H9F6N3S. The molecule has 0 aliphatic carbocycles. The minimum absolute atomic E-state index is 0.0354. The first kappa shape index (κ1) is 17.3. The molecular weight excluding hydrogens is 320 g/mol. The smallest absolute Gasteiger partial charge is 0.377 e. The van der Waals surface area contributed by atoms with Gasteiger partial charge in [0.05, 0.1) is 17.3 Å². The van der Waals surface area contributed by atoms with E-state index in [1.807, 2.05) is 0 Å². The number of hydrogen-bond donors (Lipinski definition) is 1. The second-order valence-corrected chi connectivity index (χ2v) is 4.51. The Kier molecular flexibility index (Phi) is 5.26. The first-order valence-electron chi connectivity index (χ1n) is 5.24. The lowest BCUT2D eigenvalue weighted by atomic mass is 10.0. The molecule has 0 atom stereocenters. The third kappa shape index (κ3) is 4.96. The molecule has 3 nitrogen and oxygen atoms in total. The van der Waals surface area contributed by atoms with Crippen LogP contribution in [-0.2, 0) is 12.4 Å². The molecule has 0 fully saturated rings. The van der Waals surface area contributed by atoms with Crippen molar-refractivity contribution in [3.8, 4) is 0 Å². The summed E-state index contributed by atoms with van der Waals surface area (Å²) in [5, 5.41) is 6.56. The summed E-state index contributed by atoms with van der Waals surface area (Å²) in [7, 11) is 0. The van der Waals surface area contributed by atoms with Gasteiger partial charge in [-0.2, -0.15) is 31.4 Å². The lowest BCUT2D eigenvalue weighted by Crippen LogP contribution is -2.12. The summed E-state index contributed by atoms with van der Waals surface area (Å²) < 4.78 is 75.7. The van der Waals surface area contributed by atoms with Crippen LogP contribution in [0.2, 0.25) is 0 Å². The summed E-state index contributed by atoms with van der Waals surface area (Å²) in [4.78, 5) is 0. The lowest BCUT2D eigenvalue weighted by Gasteiger charge is -2.13. The average Bonchev–Trinajstić information content (AvgIpc) is 2.36. The van der Waals surface area contributed by atoms with Gasteiger partial charge in [0.25, 0.3) is 0 Å². The highest BCUT2D eigenvalue weighted by molar-refractivity contribution is 8.13. The Hall–Kier alpha value is -1.71. The fourth-order valence-electron chi connectivity index (χ4n) is 1.29. The van der Waals surface area contributed by atoms with Gasteiger partial charge in [-0.3, -0.25) is 0 Å². The first-order valence-corrected chi connectivity index (χ1v) is 6.47. The van der Waals surface area contributed by atoms with Crippen LogP contribution in [-0.4, -0.2) is 17.6 Å². The zero-order valence-corrected chi connectivity index (χ0v) is 11.3. The molecule has 0 bridgehead atoms. The van der Waals surface area contributed by atoms with Crippen LogP contribution in [0.25, 0.3) is 0 Å². The van der Waals surface area contributed by atoms with Crippen molar-refractivity contribution < 1.29 is 26.3 Å². The predicted octanol–water partition coefficient (Wildman–Crippen LogP) is 3.74. The fourth-order valence-corrected chi connectivity index (χ4v) is 1.42. The van der Waals surface area contributed by atoms with Crippen LogP contribution >= 0.6 is 11.8 Å². The van der Waals surface area contributed by atoms with Crippen molar-refractivity contribution >= 4 is 23.1 Å². The molecule has 0 aliphatic rings. The molecule has 0 aromatic heterocycles. The van der Waals surface area contributed by atoms with Crippen molar-refractivity contribution in [2.45, 2.75) is 12.4 Å². The second kappa shape index (κ2) is 6.37. The molecule has 21 heavy (non-hydrogen) atoms. The molecule has 1 rings (SSSR count). The molecule has 116 valence electrons. The highest BCUT2D eigenvalue weighted by atomic mass is 32.2. The fraction of sp³-hybridized carbons (Fsp3) is 0.273. The molecule has 0 radical (unpaired) electrons. The molecule has 0 amide bonds. The van der Waals surface area contributed by atoms with Crippen LogP contribution in [0.4, 0.5) is 26.3 Å². The summed E-state index contributed by atoms with van der Waals surface area (Å²) in [5.41, 5.74) is 2.07. The minimum atomic E-state index is -4.81. The number of thioether (sulfide) groups is 1. The first-order chi connectivity index (χ1) is 9.55. The highest BCUT2D eigenvalue weighted by Crippen LogP contribution is 2.35. The third-order valence-corrected chi connectivity index (χ3v) is 2.75. The van der Waals surface area contributed by atoms with E-state index in [1.165, 1.54) is 0 Å². The van der Waals surface area contributed by atoms with Crippen molar-refractivity contribution in [1.82, 2.24) is 0 Å². The molecule has 0 unspecified atom stereocenters. The Balaban J connectivity index is 3.30. The Morgan fingerprint density at radius 3 is 2.24 bits per heavy atom. The van der Waals surface area contributed by atoms with Gasteiger partial charge in [0.1, 0.15) is 0 Å². The Labute approximate surface area is 119 Å². The van der Waals surface area contributed by atoms with E-state index < -0.39 is 29.0 Å². The number of benzene rings is 1. The molecule has 1 aromatic carbocycles. The number of nitrogens with two attached hydrogens (primary N) is 1. The van der Waals surface area contributed by atoms with Crippen LogP contribution in [0.15, 0.2) is 28.4 Å². The molecule has 0 heterocycles. The van der Waals surface area contributed by atoms with Gasteiger partial charge in [0, 0.05) is 5.56 Å². The molecule has 2 N–H and O–H groups in total. The van der Waals surface area contributed by atoms with Gasteiger partial charge in [-0.25, -0.2) is 0 Å². The summed E-state index contributed by atoms with van der Waals surface area (Å²) >= 11 is 0.989. The van der Waals surface area contributed by atoms with Gasteiger partial charge in [0.15, 0.2) is 5.17 Å². The van der Waals surface area contributed by atoms with E-state index in [4.69, 9.17) is 5.73 Å². The van der Waals surface area contributed by atoms with Gasteiger partial charge in [-0.1, -0.05) is 11.8 Å². The van der Waals surface area contributed by atoms with Crippen LogP contribution in [0.5, 0.6) is 0 Å². The van der Waals surface area contributed by atoms with Crippen LogP contribution in [0.1, 0.15) is 16.7 Å². The normalized spacial score (nSPS) is 14.0. The summed E-state index contributed by atoms with van der Waals surface area (Å²) in [6.07, 6.45) is -7.42. The molecule has 10 heteroatoms. The number of amidine groups is 1. The highest BCUT2D eigenvalue weighted by Gasteiger charge is 2.36. The molecule has 0 spiro atoms. The van der Waals surface area contributed by atoms with Crippen molar-refractivity contribution in [2.24, 2.45) is 15.9 Å². The third-order valence-electron chi connectivity index (χ3n) is 2.25. The van der Waals surface area contributed by atoms with E-state index in [9.17, 15) is 26.3 Å². The number of nitrogens with zero attached hydrogens (tertiary/aromatic N) is 2. The maximum atomic E-state index is 12.7. The Morgan fingerprint density at radius 1 is 1.14 bits per heavy atom. The van der Waals surface area contributed by atoms with Gasteiger partial charge in [-0.05, 0) is 24.5 Å². The zero-order chi connectivity index (χ0) is 16.3. The van der Waals surface area contributed by atoms with E-state index in [1.54, 1.807) is 6.26 Å². The SMILES string of the molecule is CSC(N)=NN=Cc1cc(C(F)(F)F)ccc1C(F)(F)F. The van der Waals surface area contributed by atoms with Crippen molar-refractivity contribution in [3.63, 3.8) is 0 Å². The van der Waals surface area contributed by atoms with E-state index >= 15 is 0 Å². The van der Waals surface area contributed by atoms with Crippen molar-refractivity contribution in [2.75, 3.05) is 6.26 Å². The quantitative estimate of drug-likeness (QED) is 0.389. The van der Waals surface area contributed by atoms with Gasteiger partial charge in [-0.15, -0.1) is 5.10 Å². The van der Waals surface area contributed by atoms with Crippen molar-refractivity contribution in [3.05, 3.63) is 34.9 Å². The maximum Gasteiger partial charge on any atom is 0.417 e. The van der Waals surface area contributed by atoms with E-state index in [0.717, 1.165) is 11.8 Å². The summed E-state index contributed by atoms with van der Waals surface area (Å²) in [6.45, 7) is 0. The molecule has 0 saturated heterocycles.